The third-order valence-corrected chi connectivity index (χ3v) is 2.44. The molecule has 0 aliphatic heterocycles. The summed E-state index contributed by atoms with van der Waals surface area (Å²) < 4.78 is 0. The van der Waals surface area contributed by atoms with Crippen LogP contribution >= 0.6 is 0 Å². The number of carbonyl (C=O) groups is 1. The van der Waals surface area contributed by atoms with Crippen molar-refractivity contribution in [3.05, 3.63) is 0 Å². The van der Waals surface area contributed by atoms with E-state index in [1.165, 1.54) is 0 Å². The molecule has 15 heavy (non-hydrogen) atoms. The van der Waals surface area contributed by atoms with Crippen LogP contribution in [-0.4, -0.2) is 24.4 Å². The predicted molar refractivity (Wildman–Crippen MR) is 61.1 cm³/mol. The van der Waals surface area contributed by atoms with Crippen LogP contribution in [0.2, 0.25) is 0 Å². The van der Waals surface area contributed by atoms with Crippen LogP contribution < -0.4 is 0 Å². The Hall–Kier alpha value is -1.04. The molecule has 0 aromatic rings. The number of nitrogens with zero attached hydrogens (tertiary/aromatic N) is 2. The summed E-state index contributed by atoms with van der Waals surface area (Å²) >= 11 is 0. The lowest BCUT2D eigenvalue weighted by Crippen LogP contribution is -2.38. The Balaban J connectivity index is 4.07. The van der Waals surface area contributed by atoms with Gasteiger partial charge in [0.1, 0.15) is 5.41 Å². The van der Waals surface area contributed by atoms with E-state index in [-0.39, 0.29) is 5.91 Å². The van der Waals surface area contributed by atoms with Crippen LogP contribution in [0.3, 0.4) is 0 Å². The fourth-order valence-electron chi connectivity index (χ4n) is 1.36. The number of nitriles is 1. The maximum atomic E-state index is 11.8. The summed E-state index contributed by atoms with van der Waals surface area (Å²) in [5.74, 6) is 0.575. The molecule has 1 amide bonds. The molecule has 0 aliphatic rings. The summed E-state index contributed by atoms with van der Waals surface area (Å²) in [5, 5.41) is 8.83. The SMILES string of the molecule is CC(C)CCCN(C)C(=O)C(C)(C)C#N. The molecule has 0 bridgehead atoms. The minimum Gasteiger partial charge on any atom is -0.344 e. The van der Waals surface area contributed by atoms with Crippen LogP contribution in [0.1, 0.15) is 40.5 Å². The van der Waals surface area contributed by atoms with E-state index in [1.807, 2.05) is 6.07 Å². The van der Waals surface area contributed by atoms with E-state index in [2.05, 4.69) is 13.8 Å². The second kappa shape index (κ2) is 5.75. The van der Waals surface area contributed by atoms with Crippen molar-refractivity contribution in [2.45, 2.75) is 40.5 Å². The Morgan fingerprint density at radius 1 is 1.47 bits per heavy atom. The second-order valence-electron chi connectivity index (χ2n) is 5.00. The second-order valence-corrected chi connectivity index (χ2v) is 5.00. The van der Waals surface area contributed by atoms with Crippen LogP contribution in [0.15, 0.2) is 0 Å². The van der Waals surface area contributed by atoms with Crippen molar-refractivity contribution in [3.63, 3.8) is 0 Å². The van der Waals surface area contributed by atoms with E-state index < -0.39 is 5.41 Å². The average Bonchev–Trinajstić information content (AvgIpc) is 2.15. The summed E-state index contributed by atoms with van der Waals surface area (Å²) in [7, 11) is 1.77. The molecule has 0 radical (unpaired) electrons. The van der Waals surface area contributed by atoms with E-state index in [0.717, 1.165) is 19.4 Å². The van der Waals surface area contributed by atoms with Gasteiger partial charge in [-0.1, -0.05) is 13.8 Å². The standard InChI is InChI=1S/C12H22N2O/c1-10(2)7-6-8-14(5)11(15)12(3,4)9-13/h10H,6-8H2,1-5H3. The van der Waals surface area contributed by atoms with Crippen LogP contribution in [0.4, 0.5) is 0 Å². The van der Waals surface area contributed by atoms with Gasteiger partial charge in [-0.3, -0.25) is 4.79 Å². The fraction of sp³-hybridized carbons (Fsp3) is 0.833. The zero-order chi connectivity index (χ0) is 12.1. The normalized spacial score (nSPS) is 11.3. The zero-order valence-electron chi connectivity index (χ0n) is 10.5. The minimum atomic E-state index is -0.896. The highest BCUT2D eigenvalue weighted by Gasteiger charge is 2.29. The van der Waals surface area contributed by atoms with E-state index in [0.29, 0.717) is 5.92 Å². The third-order valence-electron chi connectivity index (χ3n) is 2.44. The summed E-state index contributed by atoms with van der Waals surface area (Å²) in [4.78, 5) is 13.4. The Morgan fingerprint density at radius 3 is 2.40 bits per heavy atom. The molecule has 3 heteroatoms. The lowest BCUT2D eigenvalue weighted by Gasteiger charge is -2.24. The molecule has 0 N–H and O–H groups in total. The molecule has 0 unspecified atom stereocenters. The molecule has 86 valence electrons. The zero-order valence-corrected chi connectivity index (χ0v) is 10.5. The maximum Gasteiger partial charge on any atom is 0.242 e. The largest absolute Gasteiger partial charge is 0.344 e. The quantitative estimate of drug-likeness (QED) is 0.699. The summed E-state index contributed by atoms with van der Waals surface area (Å²) in [6.07, 6.45) is 2.12. The number of rotatable bonds is 5. The van der Waals surface area contributed by atoms with Gasteiger partial charge >= 0.3 is 0 Å². The molecular formula is C12H22N2O. The highest BCUT2D eigenvalue weighted by Crippen LogP contribution is 2.17. The van der Waals surface area contributed by atoms with E-state index >= 15 is 0 Å². The van der Waals surface area contributed by atoms with Crippen LogP contribution in [-0.2, 0) is 4.79 Å². The van der Waals surface area contributed by atoms with Gasteiger partial charge in [0.15, 0.2) is 0 Å². The van der Waals surface area contributed by atoms with Gasteiger partial charge in [-0.25, -0.2) is 0 Å². The summed E-state index contributed by atoms with van der Waals surface area (Å²) in [6, 6.07) is 2.03. The first-order chi connectivity index (χ1) is 6.81. The Morgan fingerprint density at radius 2 is 2.00 bits per heavy atom. The summed E-state index contributed by atoms with van der Waals surface area (Å²) in [6.45, 7) is 8.40. The molecule has 0 saturated heterocycles. The van der Waals surface area contributed by atoms with Gasteiger partial charge in [0, 0.05) is 13.6 Å². The molecule has 3 nitrogen and oxygen atoms in total. The van der Waals surface area contributed by atoms with Gasteiger partial charge in [-0.15, -0.1) is 0 Å². The molecule has 0 spiro atoms. The molecule has 0 fully saturated rings. The number of amides is 1. The smallest absolute Gasteiger partial charge is 0.242 e. The monoisotopic (exact) mass is 210 g/mol. The molecule has 0 saturated carbocycles. The minimum absolute atomic E-state index is 0.0891. The van der Waals surface area contributed by atoms with Crippen molar-refractivity contribution in [1.82, 2.24) is 4.90 Å². The first-order valence-corrected chi connectivity index (χ1v) is 5.48. The van der Waals surface area contributed by atoms with Gasteiger partial charge < -0.3 is 4.90 Å². The fourth-order valence-corrected chi connectivity index (χ4v) is 1.36. The molecule has 0 aromatic heterocycles. The van der Waals surface area contributed by atoms with E-state index in [4.69, 9.17) is 5.26 Å². The highest BCUT2D eigenvalue weighted by atomic mass is 16.2. The lowest BCUT2D eigenvalue weighted by molar-refractivity contribution is -0.136. The van der Waals surface area contributed by atoms with Crippen LogP contribution in [0.5, 0.6) is 0 Å². The van der Waals surface area contributed by atoms with Crippen molar-refractivity contribution in [1.29, 1.82) is 5.26 Å². The number of carbonyl (C=O) groups excluding carboxylic acids is 1. The Labute approximate surface area is 93.1 Å². The topological polar surface area (TPSA) is 44.1 Å². The maximum absolute atomic E-state index is 11.8. The molecular weight excluding hydrogens is 188 g/mol. The van der Waals surface area contributed by atoms with Crippen molar-refractivity contribution >= 4 is 5.91 Å². The third kappa shape index (κ3) is 4.83. The molecule has 0 atom stereocenters. The first kappa shape index (κ1) is 14.0. The Bertz CT molecular complexity index is 251. The first-order valence-electron chi connectivity index (χ1n) is 5.48. The molecule has 0 rings (SSSR count). The summed E-state index contributed by atoms with van der Waals surface area (Å²) in [5.41, 5.74) is -0.896. The van der Waals surface area contributed by atoms with Gasteiger partial charge in [0.05, 0.1) is 6.07 Å². The molecule has 0 heterocycles. The molecule has 0 aromatic carbocycles. The lowest BCUT2D eigenvalue weighted by atomic mass is 9.94. The predicted octanol–water partition coefficient (Wildman–Crippen LogP) is 2.43. The van der Waals surface area contributed by atoms with Crippen LogP contribution in [0, 0.1) is 22.7 Å². The van der Waals surface area contributed by atoms with E-state index in [9.17, 15) is 4.79 Å². The molecule has 0 aliphatic carbocycles. The van der Waals surface area contributed by atoms with Crippen molar-refractivity contribution in [3.8, 4) is 6.07 Å². The Kier molecular flexibility index (Phi) is 5.35. The number of hydrogen-bond acceptors (Lipinski definition) is 2. The van der Waals surface area contributed by atoms with Gasteiger partial charge in [0.25, 0.3) is 0 Å². The van der Waals surface area contributed by atoms with E-state index in [1.54, 1.807) is 25.8 Å². The van der Waals surface area contributed by atoms with Gasteiger partial charge in [0.2, 0.25) is 5.91 Å². The van der Waals surface area contributed by atoms with Crippen molar-refractivity contribution < 1.29 is 4.79 Å². The van der Waals surface area contributed by atoms with Crippen molar-refractivity contribution in [2.24, 2.45) is 11.3 Å². The van der Waals surface area contributed by atoms with Crippen molar-refractivity contribution in [2.75, 3.05) is 13.6 Å². The highest BCUT2D eigenvalue weighted by molar-refractivity contribution is 5.84. The van der Waals surface area contributed by atoms with Crippen LogP contribution in [0.25, 0.3) is 0 Å². The average molecular weight is 210 g/mol. The number of hydrogen-bond donors (Lipinski definition) is 0. The van der Waals surface area contributed by atoms with Gasteiger partial charge in [-0.2, -0.15) is 5.26 Å². The van der Waals surface area contributed by atoms with Gasteiger partial charge in [-0.05, 0) is 32.6 Å².